The number of carbonyl (C=O) groups excluding carboxylic acids is 1. The van der Waals surface area contributed by atoms with Crippen molar-refractivity contribution in [2.24, 2.45) is 5.92 Å². The van der Waals surface area contributed by atoms with Gasteiger partial charge in [0.1, 0.15) is 5.75 Å². The number of amides is 1. The van der Waals surface area contributed by atoms with Crippen molar-refractivity contribution in [3.8, 4) is 5.75 Å². The van der Waals surface area contributed by atoms with E-state index in [1.165, 1.54) is 37.7 Å². The molecular weight excluding hydrogens is 300 g/mol. The van der Waals surface area contributed by atoms with Crippen LogP contribution in [-0.4, -0.2) is 36.5 Å². The van der Waals surface area contributed by atoms with Crippen molar-refractivity contribution in [1.29, 1.82) is 0 Å². The zero-order valence-corrected chi connectivity index (χ0v) is 15.0. The number of hydrogen-bond donors (Lipinski definition) is 1. The van der Waals surface area contributed by atoms with Crippen LogP contribution in [0.2, 0.25) is 0 Å². The van der Waals surface area contributed by atoms with Gasteiger partial charge in [0.25, 0.3) is 0 Å². The van der Waals surface area contributed by atoms with E-state index >= 15 is 0 Å². The van der Waals surface area contributed by atoms with Crippen LogP contribution >= 0.6 is 0 Å². The van der Waals surface area contributed by atoms with Crippen LogP contribution in [0.15, 0.2) is 24.3 Å². The molecule has 1 aromatic rings. The van der Waals surface area contributed by atoms with Crippen LogP contribution in [0.5, 0.6) is 5.75 Å². The van der Waals surface area contributed by atoms with Crippen LogP contribution in [0.1, 0.15) is 51.0 Å². The first-order valence-electron chi connectivity index (χ1n) is 9.32. The average molecular weight is 330 g/mol. The zero-order chi connectivity index (χ0) is 16.9. The molecule has 0 saturated heterocycles. The summed E-state index contributed by atoms with van der Waals surface area (Å²) in [6, 6.07) is 9.11. The van der Waals surface area contributed by atoms with Crippen molar-refractivity contribution in [1.82, 2.24) is 10.2 Å². The normalized spacial score (nSPS) is 24.0. The highest BCUT2D eigenvalue weighted by molar-refractivity contribution is 5.78. The van der Waals surface area contributed by atoms with Gasteiger partial charge in [-0.05, 0) is 49.3 Å². The number of rotatable bonds is 7. The summed E-state index contributed by atoms with van der Waals surface area (Å²) in [6.45, 7) is 3.61. The monoisotopic (exact) mass is 330 g/mol. The van der Waals surface area contributed by atoms with Gasteiger partial charge in [-0.1, -0.05) is 31.9 Å². The summed E-state index contributed by atoms with van der Waals surface area (Å²) < 4.78 is 5.22. The lowest BCUT2D eigenvalue weighted by Crippen LogP contribution is -2.46. The SMILES string of the molecule is COc1ccc(CN(CC(=O)N[C@@H]2CCCC[C@H]2C)C2CC2)cc1. The third-order valence-electron chi connectivity index (χ3n) is 5.41. The van der Waals surface area contributed by atoms with E-state index in [9.17, 15) is 4.79 Å². The summed E-state index contributed by atoms with van der Waals surface area (Å²) in [5, 5.41) is 3.29. The Hall–Kier alpha value is -1.55. The number of nitrogens with zero attached hydrogens (tertiary/aromatic N) is 1. The maximum atomic E-state index is 12.5. The second kappa shape index (κ2) is 8.02. The van der Waals surface area contributed by atoms with E-state index < -0.39 is 0 Å². The minimum absolute atomic E-state index is 0.189. The third-order valence-corrected chi connectivity index (χ3v) is 5.41. The van der Waals surface area contributed by atoms with Crippen LogP contribution < -0.4 is 10.1 Å². The van der Waals surface area contributed by atoms with Gasteiger partial charge in [-0.25, -0.2) is 0 Å². The van der Waals surface area contributed by atoms with Gasteiger partial charge >= 0.3 is 0 Å². The van der Waals surface area contributed by atoms with E-state index in [0.717, 1.165) is 18.7 Å². The highest BCUT2D eigenvalue weighted by Gasteiger charge is 2.31. The molecule has 24 heavy (non-hydrogen) atoms. The molecule has 1 amide bonds. The Morgan fingerprint density at radius 3 is 2.50 bits per heavy atom. The second-order valence-corrected chi connectivity index (χ2v) is 7.42. The molecule has 2 aliphatic rings. The lowest BCUT2D eigenvalue weighted by Gasteiger charge is -2.30. The fraction of sp³-hybridized carbons (Fsp3) is 0.650. The summed E-state index contributed by atoms with van der Waals surface area (Å²) in [4.78, 5) is 14.8. The Bertz CT molecular complexity index is 539. The van der Waals surface area contributed by atoms with E-state index in [4.69, 9.17) is 4.74 Å². The van der Waals surface area contributed by atoms with Gasteiger partial charge in [-0.2, -0.15) is 0 Å². The first kappa shape index (κ1) is 17.3. The number of nitrogens with one attached hydrogen (secondary N) is 1. The maximum absolute atomic E-state index is 12.5. The number of hydrogen-bond acceptors (Lipinski definition) is 3. The molecule has 1 N–H and O–H groups in total. The van der Waals surface area contributed by atoms with Crippen LogP contribution in [0.4, 0.5) is 0 Å². The van der Waals surface area contributed by atoms with E-state index in [-0.39, 0.29) is 5.91 Å². The first-order chi connectivity index (χ1) is 11.7. The van der Waals surface area contributed by atoms with Crippen molar-refractivity contribution in [3.05, 3.63) is 29.8 Å². The Labute approximate surface area is 145 Å². The number of ether oxygens (including phenoxy) is 1. The molecule has 0 aliphatic heterocycles. The largest absolute Gasteiger partial charge is 0.497 e. The maximum Gasteiger partial charge on any atom is 0.234 e. The molecule has 2 saturated carbocycles. The molecule has 0 aromatic heterocycles. The van der Waals surface area contributed by atoms with Gasteiger partial charge in [-0.3, -0.25) is 9.69 Å². The van der Waals surface area contributed by atoms with E-state index in [1.807, 2.05) is 12.1 Å². The van der Waals surface area contributed by atoms with E-state index in [2.05, 4.69) is 29.3 Å². The van der Waals surface area contributed by atoms with Crippen LogP contribution in [0.25, 0.3) is 0 Å². The molecule has 0 radical (unpaired) electrons. The summed E-state index contributed by atoms with van der Waals surface area (Å²) in [6.07, 6.45) is 7.34. The average Bonchev–Trinajstić information content (AvgIpc) is 3.42. The summed E-state index contributed by atoms with van der Waals surface area (Å²) in [5.74, 6) is 1.67. The Balaban J connectivity index is 1.54. The van der Waals surface area contributed by atoms with Gasteiger partial charge < -0.3 is 10.1 Å². The van der Waals surface area contributed by atoms with Gasteiger partial charge in [0.2, 0.25) is 5.91 Å². The smallest absolute Gasteiger partial charge is 0.234 e. The number of carbonyl (C=O) groups is 1. The molecule has 2 aliphatic carbocycles. The Morgan fingerprint density at radius 2 is 1.88 bits per heavy atom. The second-order valence-electron chi connectivity index (χ2n) is 7.42. The molecule has 4 heteroatoms. The third kappa shape index (κ3) is 4.73. The van der Waals surface area contributed by atoms with E-state index in [0.29, 0.717) is 24.5 Å². The predicted molar refractivity (Wildman–Crippen MR) is 96.0 cm³/mol. The van der Waals surface area contributed by atoms with Crippen molar-refractivity contribution < 1.29 is 9.53 Å². The van der Waals surface area contributed by atoms with Crippen molar-refractivity contribution in [3.63, 3.8) is 0 Å². The molecule has 132 valence electrons. The first-order valence-corrected chi connectivity index (χ1v) is 9.32. The topological polar surface area (TPSA) is 41.6 Å². The molecule has 4 nitrogen and oxygen atoms in total. The van der Waals surface area contributed by atoms with Crippen LogP contribution in [-0.2, 0) is 11.3 Å². The molecule has 2 fully saturated rings. The fourth-order valence-corrected chi connectivity index (χ4v) is 3.69. The summed E-state index contributed by atoms with van der Waals surface area (Å²) >= 11 is 0. The molecule has 1 aromatic carbocycles. The van der Waals surface area contributed by atoms with Gasteiger partial charge in [0.05, 0.1) is 13.7 Å². The molecular formula is C20H30N2O2. The fourth-order valence-electron chi connectivity index (χ4n) is 3.69. The highest BCUT2D eigenvalue weighted by atomic mass is 16.5. The molecule has 2 atom stereocenters. The minimum atomic E-state index is 0.189. The molecule has 0 bridgehead atoms. The lowest BCUT2D eigenvalue weighted by molar-refractivity contribution is -0.123. The van der Waals surface area contributed by atoms with Gasteiger partial charge in [0.15, 0.2) is 0 Å². The predicted octanol–water partition coefficient (Wildman–Crippen LogP) is 3.35. The van der Waals surface area contributed by atoms with Crippen molar-refractivity contribution in [2.75, 3.05) is 13.7 Å². The molecule has 3 rings (SSSR count). The van der Waals surface area contributed by atoms with E-state index in [1.54, 1.807) is 7.11 Å². The Morgan fingerprint density at radius 1 is 1.17 bits per heavy atom. The van der Waals surface area contributed by atoms with Crippen molar-refractivity contribution in [2.45, 2.75) is 64.1 Å². The van der Waals surface area contributed by atoms with Crippen LogP contribution in [0, 0.1) is 5.92 Å². The quantitative estimate of drug-likeness (QED) is 0.833. The standard InChI is InChI=1S/C20H30N2O2/c1-15-5-3-4-6-19(15)21-20(23)14-22(17-9-10-17)13-16-7-11-18(24-2)12-8-16/h7-8,11-12,15,17,19H,3-6,9-10,13-14H2,1-2H3,(H,21,23)/t15-,19-/m1/s1. The molecule has 0 unspecified atom stereocenters. The number of methoxy groups -OCH3 is 1. The Kier molecular flexibility index (Phi) is 5.77. The molecule has 0 heterocycles. The zero-order valence-electron chi connectivity index (χ0n) is 15.0. The summed E-state index contributed by atoms with van der Waals surface area (Å²) in [7, 11) is 1.68. The van der Waals surface area contributed by atoms with Gasteiger partial charge in [-0.15, -0.1) is 0 Å². The number of benzene rings is 1. The summed E-state index contributed by atoms with van der Waals surface area (Å²) in [5.41, 5.74) is 1.24. The van der Waals surface area contributed by atoms with Crippen LogP contribution in [0.3, 0.4) is 0 Å². The van der Waals surface area contributed by atoms with Gasteiger partial charge in [0, 0.05) is 18.6 Å². The highest BCUT2D eigenvalue weighted by Crippen LogP contribution is 2.29. The molecule has 0 spiro atoms. The minimum Gasteiger partial charge on any atom is -0.497 e. The van der Waals surface area contributed by atoms with Crippen molar-refractivity contribution >= 4 is 5.91 Å². The lowest BCUT2D eigenvalue weighted by atomic mass is 9.86.